The van der Waals surface area contributed by atoms with Gasteiger partial charge in [-0.15, -0.1) is 11.8 Å². The molecule has 1 aromatic carbocycles. The molecule has 25 heavy (non-hydrogen) atoms. The first-order valence-corrected chi connectivity index (χ1v) is 8.62. The Hall–Kier alpha value is -2.06. The highest BCUT2D eigenvalue weighted by atomic mass is 32.2. The van der Waals surface area contributed by atoms with Crippen LogP contribution in [0.3, 0.4) is 0 Å². The molecule has 0 fully saturated rings. The smallest absolute Gasteiger partial charge is 0.387 e. The summed E-state index contributed by atoms with van der Waals surface area (Å²) in [5, 5.41) is 12.4. The lowest BCUT2D eigenvalue weighted by atomic mass is 10.0. The van der Waals surface area contributed by atoms with Crippen LogP contribution in [-0.2, 0) is 16.7 Å². The van der Waals surface area contributed by atoms with E-state index in [1.807, 2.05) is 12.1 Å². The van der Waals surface area contributed by atoms with Gasteiger partial charge in [0.1, 0.15) is 0 Å². The van der Waals surface area contributed by atoms with Gasteiger partial charge in [-0.1, -0.05) is 24.3 Å². The topological polar surface area (TPSA) is 62.2 Å². The van der Waals surface area contributed by atoms with Gasteiger partial charge in [-0.25, -0.2) is 0 Å². The molecule has 134 valence electrons. The number of aromatic nitrogens is 1. The quantitative estimate of drug-likeness (QED) is 0.786. The number of carbonyl (C=O) groups is 1. The van der Waals surface area contributed by atoms with E-state index in [1.54, 1.807) is 12.3 Å². The van der Waals surface area contributed by atoms with E-state index in [0.717, 1.165) is 11.8 Å². The number of nitrogens with zero attached hydrogens (tertiary/aromatic N) is 1. The Morgan fingerprint density at radius 2 is 1.92 bits per heavy atom. The molecule has 2 rings (SSSR count). The summed E-state index contributed by atoms with van der Waals surface area (Å²) < 4.78 is 38.8. The van der Waals surface area contributed by atoms with Crippen LogP contribution in [0.2, 0.25) is 0 Å². The highest BCUT2D eigenvalue weighted by molar-refractivity contribution is 7.99. The van der Waals surface area contributed by atoms with Gasteiger partial charge in [-0.3, -0.25) is 9.78 Å². The first kappa shape index (κ1) is 19.3. The summed E-state index contributed by atoms with van der Waals surface area (Å²) >= 11 is 1.33. The number of halogens is 3. The number of thioether (sulfide) groups is 1. The van der Waals surface area contributed by atoms with Gasteiger partial charge in [-0.2, -0.15) is 13.2 Å². The zero-order valence-electron chi connectivity index (χ0n) is 13.2. The number of aliphatic hydroxyl groups excluding tert-OH is 1. The van der Waals surface area contributed by atoms with Crippen LogP contribution in [0, 0.1) is 0 Å². The zero-order valence-corrected chi connectivity index (χ0v) is 14.0. The van der Waals surface area contributed by atoms with Crippen LogP contribution in [0.1, 0.15) is 22.9 Å². The Kier molecular flexibility index (Phi) is 6.83. The van der Waals surface area contributed by atoms with E-state index in [4.69, 9.17) is 0 Å². The molecule has 2 N–H and O–H groups in total. The number of nitrogens with one attached hydrogen (secondary N) is 1. The number of hydrogen-bond acceptors (Lipinski definition) is 4. The summed E-state index contributed by atoms with van der Waals surface area (Å²) in [6.07, 6.45) is -4.33. The molecule has 0 spiro atoms. The van der Waals surface area contributed by atoms with Crippen LogP contribution in [0.15, 0.2) is 48.7 Å². The van der Waals surface area contributed by atoms with Crippen molar-refractivity contribution in [3.63, 3.8) is 0 Å². The summed E-state index contributed by atoms with van der Waals surface area (Å²) in [6.45, 7) is -0.282. The Morgan fingerprint density at radius 1 is 1.20 bits per heavy atom. The number of alkyl halides is 3. The van der Waals surface area contributed by atoms with Gasteiger partial charge in [0, 0.05) is 18.5 Å². The number of pyridine rings is 1. The maximum absolute atomic E-state index is 12.9. The predicted octanol–water partition coefficient (Wildman–Crippen LogP) is 3.18. The maximum Gasteiger partial charge on any atom is 0.416 e. The SMILES string of the molecule is O=C(CSCc1ccccn1)NCC(O)c1ccccc1C(F)(F)F. The highest BCUT2D eigenvalue weighted by Crippen LogP contribution is 2.34. The molecule has 8 heteroatoms. The third-order valence-electron chi connectivity index (χ3n) is 3.33. The average molecular weight is 370 g/mol. The molecule has 4 nitrogen and oxygen atoms in total. The van der Waals surface area contributed by atoms with Crippen LogP contribution in [0.5, 0.6) is 0 Å². The highest BCUT2D eigenvalue weighted by Gasteiger charge is 2.34. The Morgan fingerprint density at radius 3 is 2.60 bits per heavy atom. The normalized spacial score (nSPS) is 12.6. The monoisotopic (exact) mass is 370 g/mol. The van der Waals surface area contributed by atoms with E-state index in [1.165, 1.54) is 30.0 Å². The number of benzene rings is 1. The minimum atomic E-state index is -4.56. The first-order valence-electron chi connectivity index (χ1n) is 7.46. The standard InChI is InChI=1S/C17H17F3N2O2S/c18-17(19,20)14-7-2-1-6-13(14)15(23)9-22-16(24)11-25-10-12-5-3-4-8-21-12/h1-8,15,23H,9-11H2,(H,22,24). The maximum atomic E-state index is 12.9. The van der Waals surface area contributed by atoms with Crippen molar-refractivity contribution in [2.75, 3.05) is 12.3 Å². The molecular weight excluding hydrogens is 353 g/mol. The van der Waals surface area contributed by atoms with Gasteiger partial charge in [0.2, 0.25) is 5.91 Å². The van der Waals surface area contributed by atoms with Crippen LogP contribution in [-0.4, -0.2) is 28.3 Å². The number of carbonyl (C=O) groups excluding carboxylic acids is 1. The molecule has 0 saturated heterocycles. The third-order valence-corrected chi connectivity index (χ3v) is 4.29. The van der Waals surface area contributed by atoms with Crippen LogP contribution < -0.4 is 5.32 Å². The van der Waals surface area contributed by atoms with Crippen molar-refractivity contribution in [1.82, 2.24) is 10.3 Å². The second-order valence-electron chi connectivity index (χ2n) is 5.22. The molecule has 1 heterocycles. The molecule has 0 aliphatic carbocycles. The molecule has 0 saturated carbocycles. The molecule has 2 aromatic rings. The van der Waals surface area contributed by atoms with Gasteiger partial charge in [0.15, 0.2) is 0 Å². The summed E-state index contributed by atoms with van der Waals surface area (Å²) in [4.78, 5) is 15.9. The summed E-state index contributed by atoms with van der Waals surface area (Å²) in [7, 11) is 0. The van der Waals surface area contributed by atoms with Crippen molar-refractivity contribution < 1.29 is 23.1 Å². The van der Waals surface area contributed by atoms with Gasteiger partial charge >= 0.3 is 6.18 Å². The fraction of sp³-hybridized carbons (Fsp3) is 0.294. The zero-order chi connectivity index (χ0) is 18.3. The van der Waals surface area contributed by atoms with Gasteiger partial charge in [-0.05, 0) is 23.8 Å². The van der Waals surface area contributed by atoms with Gasteiger partial charge in [0.25, 0.3) is 0 Å². The van der Waals surface area contributed by atoms with Crippen molar-refractivity contribution >= 4 is 17.7 Å². The van der Waals surface area contributed by atoms with Crippen molar-refractivity contribution in [2.45, 2.75) is 18.0 Å². The summed E-state index contributed by atoms with van der Waals surface area (Å²) in [5.74, 6) is 0.322. The van der Waals surface area contributed by atoms with E-state index < -0.39 is 17.8 Å². The fourth-order valence-corrected chi connectivity index (χ4v) is 2.92. The second kappa shape index (κ2) is 8.87. The van der Waals surface area contributed by atoms with E-state index in [0.29, 0.717) is 5.75 Å². The van der Waals surface area contributed by atoms with Crippen molar-refractivity contribution in [1.29, 1.82) is 0 Å². The summed E-state index contributed by atoms with van der Waals surface area (Å²) in [5.41, 5.74) is -0.322. The van der Waals surface area contributed by atoms with Crippen molar-refractivity contribution in [2.24, 2.45) is 0 Å². The Balaban J connectivity index is 1.82. The average Bonchev–Trinajstić information content (AvgIpc) is 2.60. The van der Waals surface area contributed by atoms with Crippen LogP contribution in [0.4, 0.5) is 13.2 Å². The fourth-order valence-electron chi connectivity index (χ4n) is 2.15. The number of amides is 1. The molecule has 0 aliphatic rings. The van der Waals surface area contributed by atoms with E-state index >= 15 is 0 Å². The second-order valence-corrected chi connectivity index (χ2v) is 6.20. The lowest BCUT2D eigenvalue weighted by Crippen LogP contribution is -2.30. The Bertz CT molecular complexity index is 696. The van der Waals surface area contributed by atoms with E-state index in [2.05, 4.69) is 10.3 Å². The van der Waals surface area contributed by atoms with Crippen LogP contribution >= 0.6 is 11.8 Å². The van der Waals surface area contributed by atoms with Gasteiger partial charge in [0.05, 0.1) is 23.1 Å². The Labute approximate surface area is 147 Å². The number of hydrogen-bond donors (Lipinski definition) is 2. The minimum Gasteiger partial charge on any atom is -0.387 e. The van der Waals surface area contributed by atoms with Crippen molar-refractivity contribution in [3.8, 4) is 0 Å². The molecular formula is C17H17F3N2O2S. The van der Waals surface area contributed by atoms with Crippen LogP contribution in [0.25, 0.3) is 0 Å². The molecule has 0 radical (unpaired) electrons. The molecule has 1 amide bonds. The molecule has 0 aliphatic heterocycles. The third kappa shape index (κ3) is 6.06. The van der Waals surface area contributed by atoms with E-state index in [9.17, 15) is 23.1 Å². The number of rotatable bonds is 7. The lowest BCUT2D eigenvalue weighted by molar-refractivity contribution is -0.139. The largest absolute Gasteiger partial charge is 0.416 e. The molecule has 1 aromatic heterocycles. The molecule has 0 bridgehead atoms. The first-order chi connectivity index (χ1) is 11.9. The summed E-state index contributed by atoms with van der Waals surface area (Å²) in [6, 6.07) is 10.3. The predicted molar refractivity (Wildman–Crippen MR) is 89.8 cm³/mol. The molecule has 1 unspecified atom stereocenters. The number of aliphatic hydroxyl groups is 1. The minimum absolute atomic E-state index is 0.129. The molecule has 1 atom stereocenters. The lowest BCUT2D eigenvalue weighted by Gasteiger charge is -2.17. The van der Waals surface area contributed by atoms with Crippen molar-refractivity contribution in [3.05, 3.63) is 65.5 Å². The van der Waals surface area contributed by atoms with E-state index in [-0.39, 0.29) is 23.8 Å². The van der Waals surface area contributed by atoms with Gasteiger partial charge < -0.3 is 10.4 Å².